The minimum atomic E-state index is -3.92. The Balaban J connectivity index is 1.28. The number of cyclic esters (lactones) is 1. The van der Waals surface area contributed by atoms with Crippen LogP contribution in [0.3, 0.4) is 0 Å². The van der Waals surface area contributed by atoms with Crippen LogP contribution in [0.1, 0.15) is 85.1 Å². The highest BCUT2D eigenvalue weighted by atomic mass is 32.2. The van der Waals surface area contributed by atoms with Crippen molar-refractivity contribution in [2.45, 2.75) is 114 Å². The highest BCUT2D eigenvalue weighted by Crippen LogP contribution is 2.46. The summed E-state index contributed by atoms with van der Waals surface area (Å²) in [5.41, 5.74) is 0.118. The molecule has 0 spiro atoms. The van der Waals surface area contributed by atoms with Crippen molar-refractivity contribution in [3.05, 3.63) is 72.8 Å². The minimum absolute atomic E-state index is 0.0144. The third kappa shape index (κ3) is 8.74. The Morgan fingerprint density at radius 1 is 1.05 bits per heavy atom. The second-order valence-corrected chi connectivity index (χ2v) is 19.5. The van der Waals surface area contributed by atoms with E-state index in [0.29, 0.717) is 36.0 Å². The molecule has 4 aliphatic rings. The number of aromatic nitrogens is 2. The number of sulfonamides is 1. The Labute approximate surface area is 339 Å². The first-order valence-corrected chi connectivity index (χ1v) is 21.4. The molecule has 308 valence electrons. The van der Waals surface area contributed by atoms with E-state index in [4.69, 9.17) is 19.4 Å². The highest BCUT2D eigenvalue weighted by molar-refractivity contribution is 7.91. The third-order valence-electron chi connectivity index (χ3n) is 11.3. The van der Waals surface area contributed by atoms with E-state index in [9.17, 15) is 27.6 Å². The van der Waals surface area contributed by atoms with Gasteiger partial charge in [-0.3, -0.25) is 19.1 Å². The summed E-state index contributed by atoms with van der Waals surface area (Å²) in [5.74, 6) is -2.42. The van der Waals surface area contributed by atoms with Crippen molar-refractivity contribution in [2.24, 2.45) is 11.3 Å². The molecule has 2 aliphatic heterocycles. The van der Waals surface area contributed by atoms with Gasteiger partial charge in [0.05, 0.1) is 22.8 Å². The third-order valence-corrected chi connectivity index (χ3v) is 13.1. The predicted molar refractivity (Wildman–Crippen MR) is 219 cm³/mol. The number of rotatable bonds is 7. The van der Waals surface area contributed by atoms with Crippen LogP contribution in [0.4, 0.5) is 4.79 Å². The summed E-state index contributed by atoms with van der Waals surface area (Å²) in [5, 5.41) is 4.97. The molecular weight excluding hydrogens is 761 g/mol. The van der Waals surface area contributed by atoms with Gasteiger partial charge in [0.25, 0.3) is 5.91 Å². The van der Waals surface area contributed by atoms with Crippen LogP contribution in [0.25, 0.3) is 28.4 Å². The minimum Gasteiger partial charge on any atom is -0.471 e. The van der Waals surface area contributed by atoms with Gasteiger partial charge in [-0.2, -0.15) is 0 Å². The summed E-state index contributed by atoms with van der Waals surface area (Å²) >= 11 is 0. The van der Waals surface area contributed by atoms with Gasteiger partial charge >= 0.3 is 6.09 Å². The van der Waals surface area contributed by atoms with Gasteiger partial charge in [-0.05, 0) is 75.5 Å². The first-order chi connectivity index (χ1) is 27.4. The van der Waals surface area contributed by atoms with Crippen LogP contribution in [-0.4, -0.2) is 88.2 Å². The van der Waals surface area contributed by atoms with E-state index in [2.05, 4.69) is 28.0 Å². The standard InChI is InChI=1S/C43H52N6O8S/c1-7-28-24-43(28,39(52)48-58(54,55)30-18-19-30)47-36(50)33-23-29-25-49(33)38(51)35(41(2,3)4)46-40(53)57-42(5,6)21-13-9-10-14-26-17-20-31-32(22-26)45-37(56-29)34(44-31)27-15-11-8-12-16-27/h7-8,10-12,14-17,20,22,28-30,33,35H,1,9,13,18-19,21,23-25H2,2-6H3,(H,46,53)(H,47,50)(H,48,52)/b14-10-/t28-,29-,33+,35-,43+/m1/s1. The molecule has 2 aromatic carbocycles. The van der Waals surface area contributed by atoms with Gasteiger partial charge in [-0.15, -0.1) is 6.58 Å². The summed E-state index contributed by atoms with van der Waals surface area (Å²) in [6.07, 6.45) is 7.05. The lowest BCUT2D eigenvalue weighted by Crippen LogP contribution is -2.60. The quantitative estimate of drug-likeness (QED) is 0.260. The monoisotopic (exact) mass is 812 g/mol. The zero-order valence-electron chi connectivity index (χ0n) is 33.6. The average molecular weight is 813 g/mol. The van der Waals surface area contributed by atoms with Crippen LogP contribution < -0.4 is 20.1 Å². The Hall–Kier alpha value is -5.31. The van der Waals surface area contributed by atoms with E-state index in [1.807, 2.05) is 68.5 Å². The van der Waals surface area contributed by atoms with Gasteiger partial charge in [0.2, 0.25) is 27.7 Å². The summed E-state index contributed by atoms with van der Waals surface area (Å²) in [6.45, 7) is 12.8. The molecule has 7 rings (SSSR count). The molecule has 0 radical (unpaired) electrons. The maximum absolute atomic E-state index is 14.8. The fourth-order valence-electron chi connectivity index (χ4n) is 7.71. The van der Waals surface area contributed by atoms with Crippen LogP contribution in [-0.2, 0) is 29.1 Å². The molecule has 14 nitrogen and oxygen atoms in total. The molecule has 4 amide bonds. The summed E-state index contributed by atoms with van der Waals surface area (Å²) < 4.78 is 40.3. The number of hydrogen-bond donors (Lipinski definition) is 3. The number of nitrogens with one attached hydrogen (secondary N) is 3. The van der Waals surface area contributed by atoms with Gasteiger partial charge in [0.1, 0.15) is 35.0 Å². The van der Waals surface area contributed by atoms with E-state index in [1.165, 1.54) is 11.0 Å². The SMILES string of the molecule is C=C[C@@H]1C[C@@]1(NC(=O)[C@@H]1C[C@@H]2CN1C(=O)[C@H](C(C)(C)C)NC(=O)OC(C)(C)CCC/C=C\c1ccc3nc(-c4ccccc4)c(nc3c1)O2)C(=O)NS(=O)(=O)C1CC1. The van der Waals surface area contributed by atoms with Gasteiger partial charge in [-0.25, -0.2) is 23.2 Å². The van der Waals surface area contributed by atoms with Gasteiger partial charge < -0.3 is 25.0 Å². The maximum Gasteiger partial charge on any atom is 0.408 e. The number of amides is 4. The van der Waals surface area contributed by atoms with Gasteiger partial charge in [0.15, 0.2) is 0 Å². The van der Waals surface area contributed by atoms with Crippen LogP contribution >= 0.6 is 0 Å². The van der Waals surface area contributed by atoms with Crippen molar-refractivity contribution in [2.75, 3.05) is 6.54 Å². The molecule has 3 fully saturated rings. The Bertz CT molecular complexity index is 2270. The fraction of sp³-hybridized carbons (Fsp3) is 0.488. The summed E-state index contributed by atoms with van der Waals surface area (Å²) in [6, 6.07) is 12.9. The molecule has 1 saturated heterocycles. The van der Waals surface area contributed by atoms with Gasteiger partial charge in [-0.1, -0.05) is 75.4 Å². The molecule has 1 aromatic heterocycles. The smallest absolute Gasteiger partial charge is 0.408 e. The molecular formula is C43H52N6O8S. The number of ether oxygens (including phenoxy) is 2. The van der Waals surface area contributed by atoms with Crippen molar-refractivity contribution < 1.29 is 37.1 Å². The molecule has 2 saturated carbocycles. The van der Waals surface area contributed by atoms with Crippen molar-refractivity contribution >= 4 is 50.9 Å². The second-order valence-electron chi connectivity index (χ2n) is 17.5. The Morgan fingerprint density at radius 2 is 1.79 bits per heavy atom. The number of fused-ring (bicyclic) bond motifs is 4. The highest BCUT2D eigenvalue weighted by Gasteiger charge is 2.62. The first kappa shape index (κ1) is 40.9. The summed E-state index contributed by atoms with van der Waals surface area (Å²) in [7, 11) is -3.92. The number of nitrogens with zero attached hydrogens (tertiary/aromatic N) is 3. The van der Waals surface area contributed by atoms with Gasteiger partial charge in [0, 0.05) is 17.9 Å². The average Bonchev–Trinajstić information content (AvgIpc) is 4.09. The molecule has 3 aromatic rings. The molecule has 3 N–H and O–H groups in total. The zero-order chi connectivity index (χ0) is 41.6. The number of hydrogen-bond acceptors (Lipinski definition) is 10. The zero-order valence-corrected chi connectivity index (χ0v) is 34.4. The van der Waals surface area contributed by atoms with Crippen molar-refractivity contribution in [3.63, 3.8) is 0 Å². The summed E-state index contributed by atoms with van der Waals surface area (Å²) in [4.78, 5) is 67.7. The van der Waals surface area contributed by atoms with Crippen molar-refractivity contribution in [1.29, 1.82) is 0 Å². The molecule has 5 atom stereocenters. The van der Waals surface area contributed by atoms with Crippen molar-refractivity contribution in [3.8, 4) is 17.1 Å². The van der Waals surface area contributed by atoms with E-state index in [-0.39, 0.29) is 25.3 Å². The molecule has 2 aliphatic carbocycles. The lowest BCUT2D eigenvalue weighted by Gasteiger charge is -2.36. The normalized spacial score (nSPS) is 26.9. The Morgan fingerprint density at radius 3 is 2.47 bits per heavy atom. The fourth-order valence-corrected chi connectivity index (χ4v) is 9.07. The van der Waals surface area contributed by atoms with Crippen LogP contribution in [0, 0.1) is 11.3 Å². The first-order valence-electron chi connectivity index (χ1n) is 19.9. The van der Waals surface area contributed by atoms with E-state index >= 15 is 0 Å². The lowest BCUT2D eigenvalue weighted by atomic mass is 9.85. The van der Waals surface area contributed by atoms with E-state index in [1.54, 1.807) is 20.8 Å². The number of carbonyl (C=O) groups is 4. The largest absolute Gasteiger partial charge is 0.471 e. The Kier molecular flexibility index (Phi) is 10.9. The molecule has 0 unspecified atom stereocenters. The number of carbonyl (C=O) groups excluding carboxylic acids is 4. The van der Waals surface area contributed by atoms with Crippen LogP contribution in [0.15, 0.2) is 67.3 Å². The van der Waals surface area contributed by atoms with Crippen molar-refractivity contribution in [1.82, 2.24) is 30.2 Å². The second kappa shape index (κ2) is 15.5. The molecule has 3 heterocycles. The molecule has 5 bridgehead atoms. The van der Waals surface area contributed by atoms with E-state index in [0.717, 1.165) is 24.0 Å². The molecule has 58 heavy (non-hydrogen) atoms. The lowest BCUT2D eigenvalue weighted by molar-refractivity contribution is -0.143. The van der Waals surface area contributed by atoms with E-state index < -0.39 is 79.7 Å². The predicted octanol–water partition coefficient (Wildman–Crippen LogP) is 5.43. The number of benzene rings is 2. The molecule has 15 heteroatoms. The number of alkyl carbamates (subject to hydrolysis) is 1. The number of allylic oxidation sites excluding steroid dienone is 1. The topological polar surface area (TPSA) is 186 Å². The van der Waals surface area contributed by atoms with Crippen LogP contribution in [0.5, 0.6) is 5.88 Å². The van der Waals surface area contributed by atoms with Crippen LogP contribution in [0.2, 0.25) is 0 Å². The maximum atomic E-state index is 14.8.